The number of hydrogen-bond acceptors (Lipinski definition) is 2. The van der Waals surface area contributed by atoms with Gasteiger partial charge in [0.1, 0.15) is 0 Å². The number of aryl methyl sites for hydroxylation is 2. The number of carbonyl (C=O) groups is 1. The summed E-state index contributed by atoms with van der Waals surface area (Å²) in [7, 11) is 1.91. The van der Waals surface area contributed by atoms with Crippen molar-refractivity contribution < 1.29 is 4.79 Å². The average molecular weight is 311 g/mol. The maximum atomic E-state index is 12.1. The van der Waals surface area contributed by atoms with Crippen LogP contribution in [0.15, 0.2) is 36.4 Å². The van der Waals surface area contributed by atoms with Gasteiger partial charge < -0.3 is 5.32 Å². The van der Waals surface area contributed by atoms with E-state index in [-0.39, 0.29) is 5.91 Å². The van der Waals surface area contributed by atoms with Crippen LogP contribution in [0.3, 0.4) is 0 Å². The summed E-state index contributed by atoms with van der Waals surface area (Å²) >= 11 is 0. The van der Waals surface area contributed by atoms with Crippen LogP contribution in [0.1, 0.15) is 41.8 Å². The second kappa shape index (κ2) is 7.77. The van der Waals surface area contributed by atoms with Crippen molar-refractivity contribution in [1.82, 2.24) is 15.1 Å². The first-order valence-electron chi connectivity index (χ1n) is 8.04. The fourth-order valence-electron chi connectivity index (χ4n) is 2.70. The van der Waals surface area contributed by atoms with E-state index in [2.05, 4.69) is 29.5 Å². The Balaban J connectivity index is 1.95. The number of nitrogens with zero attached hydrogens (tertiary/aromatic N) is 2. The van der Waals surface area contributed by atoms with Crippen LogP contribution in [-0.4, -0.2) is 22.2 Å². The molecule has 0 fully saturated rings. The van der Waals surface area contributed by atoms with Crippen LogP contribution in [0.25, 0.3) is 6.08 Å². The Morgan fingerprint density at radius 3 is 2.57 bits per heavy atom. The molecule has 0 saturated heterocycles. The van der Waals surface area contributed by atoms with Crippen molar-refractivity contribution in [3.63, 3.8) is 0 Å². The predicted molar refractivity (Wildman–Crippen MR) is 94.2 cm³/mol. The third kappa shape index (κ3) is 4.31. The Morgan fingerprint density at radius 1 is 1.30 bits per heavy atom. The van der Waals surface area contributed by atoms with E-state index in [1.807, 2.05) is 49.9 Å². The zero-order valence-electron chi connectivity index (χ0n) is 14.3. The van der Waals surface area contributed by atoms with Crippen LogP contribution >= 0.6 is 0 Å². The molecule has 1 atom stereocenters. The van der Waals surface area contributed by atoms with Gasteiger partial charge in [-0.15, -0.1) is 0 Å². The molecule has 0 spiro atoms. The van der Waals surface area contributed by atoms with Crippen molar-refractivity contribution in [2.75, 3.05) is 6.54 Å². The molecule has 4 nitrogen and oxygen atoms in total. The van der Waals surface area contributed by atoms with Crippen molar-refractivity contribution in [2.24, 2.45) is 7.05 Å². The van der Waals surface area contributed by atoms with Gasteiger partial charge in [-0.3, -0.25) is 9.48 Å². The Morgan fingerprint density at radius 2 is 2.00 bits per heavy atom. The van der Waals surface area contributed by atoms with Crippen LogP contribution in [0.2, 0.25) is 0 Å². The molecule has 0 aliphatic carbocycles. The van der Waals surface area contributed by atoms with Gasteiger partial charge in [0, 0.05) is 36.8 Å². The highest BCUT2D eigenvalue weighted by Crippen LogP contribution is 2.18. The lowest BCUT2D eigenvalue weighted by atomic mass is 9.96. The third-order valence-electron chi connectivity index (χ3n) is 4.25. The first-order valence-corrected chi connectivity index (χ1v) is 8.04. The van der Waals surface area contributed by atoms with Gasteiger partial charge in [-0.05, 0) is 31.9 Å². The highest BCUT2D eigenvalue weighted by Gasteiger charge is 2.10. The average Bonchev–Trinajstić information content (AvgIpc) is 2.79. The molecule has 1 aromatic carbocycles. The number of hydrogen-bond donors (Lipinski definition) is 1. The monoisotopic (exact) mass is 311 g/mol. The Labute approximate surface area is 138 Å². The smallest absolute Gasteiger partial charge is 0.244 e. The summed E-state index contributed by atoms with van der Waals surface area (Å²) in [6.45, 7) is 6.74. The van der Waals surface area contributed by atoms with Gasteiger partial charge in [0.15, 0.2) is 0 Å². The van der Waals surface area contributed by atoms with Gasteiger partial charge in [0.25, 0.3) is 0 Å². The largest absolute Gasteiger partial charge is 0.352 e. The van der Waals surface area contributed by atoms with Gasteiger partial charge >= 0.3 is 0 Å². The zero-order valence-corrected chi connectivity index (χ0v) is 14.3. The zero-order chi connectivity index (χ0) is 16.8. The first-order chi connectivity index (χ1) is 11.0. The van der Waals surface area contributed by atoms with Gasteiger partial charge in [-0.1, -0.05) is 37.3 Å². The first kappa shape index (κ1) is 17.0. The minimum absolute atomic E-state index is 0.0676. The molecule has 0 bridgehead atoms. The van der Waals surface area contributed by atoms with Crippen LogP contribution in [0.4, 0.5) is 0 Å². The summed E-state index contributed by atoms with van der Waals surface area (Å²) in [6.07, 6.45) is 4.43. The highest BCUT2D eigenvalue weighted by atomic mass is 16.1. The van der Waals surface area contributed by atoms with E-state index >= 15 is 0 Å². The van der Waals surface area contributed by atoms with Crippen LogP contribution in [0, 0.1) is 13.8 Å². The maximum absolute atomic E-state index is 12.1. The molecule has 4 heteroatoms. The fourth-order valence-corrected chi connectivity index (χ4v) is 2.70. The number of nitrogens with one attached hydrogen (secondary N) is 1. The van der Waals surface area contributed by atoms with E-state index in [9.17, 15) is 4.79 Å². The third-order valence-corrected chi connectivity index (χ3v) is 4.25. The SMILES string of the molecule is CC[C@@H](CNC(=O)/C=C\c1c(C)nn(C)c1C)c1ccccc1. The molecule has 1 amide bonds. The minimum Gasteiger partial charge on any atom is -0.352 e. The van der Waals surface area contributed by atoms with E-state index < -0.39 is 0 Å². The Kier molecular flexibility index (Phi) is 5.74. The summed E-state index contributed by atoms with van der Waals surface area (Å²) in [5.41, 5.74) is 4.27. The molecule has 2 aromatic rings. The highest BCUT2D eigenvalue weighted by molar-refractivity contribution is 5.92. The molecular formula is C19H25N3O. The topological polar surface area (TPSA) is 46.9 Å². The van der Waals surface area contributed by atoms with Gasteiger partial charge in [-0.25, -0.2) is 0 Å². The van der Waals surface area contributed by atoms with Crippen molar-refractivity contribution in [1.29, 1.82) is 0 Å². The summed E-state index contributed by atoms with van der Waals surface area (Å²) in [4.78, 5) is 12.1. The molecule has 0 saturated carbocycles. The van der Waals surface area contributed by atoms with Crippen molar-refractivity contribution in [3.05, 3.63) is 58.9 Å². The molecule has 1 heterocycles. The fraction of sp³-hybridized carbons (Fsp3) is 0.368. The molecule has 0 radical (unpaired) electrons. The molecule has 1 aromatic heterocycles. The summed E-state index contributed by atoms with van der Waals surface area (Å²) in [5, 5.41) is 7.34. The van der Waals surface area contributed by atoms with E-state index in [1.165, 1.54) is 5.56 Å². The molecule has 0 aliphatic rings. The second-order valence-electron chi connectivity index (χ2n) is 5.80. The molecular weight excluding hydrogens is 286 g/mol. The maximum Gasteiger partial charge on any atom is 0.244 e. The van der Waals surface area contributed by atoms with E-state index in [0.717, 1.165) is 23.4 Å². The number of carbonyl (C=O) groups excluding carboxylic acids is 1. The van der Waals surface area contributed by atoms with Crippen molar-refractivity contribution in [2.45, 2.75) is 33.1 Å². The quantitative estimate of drug-likeness (QED) is 0.832. The number of benzene rings is 1. The predicted octanol–water partition coefficient (Wildman–Crippen LogP) is 3.36. The Bertz CT molecular complexity index is 686. The van der Waals surface area contributed by atoms with Gasteiger partial charge in [0.05, 0.1) is 5.69 Å². The van der Waals surface area contributed by atoms with Crippen LogP contribution in [-0.2, 0) is 11.8 Å². The lowest BCUT2D eigenvalue weighted by Crippen LogP contribution is -2.26. The van der Waals surface area contributed by atoms with Crippen molar-refractivity contribution in [3.8, 4) is 0 Å². The van der Waals surface area contributed by atoms with Crippen molar-refractivity contribution >= 4 is 12.0 Å². The number of amides is 1. The summed E-state index contributed by atoms with van der Waals surface area (Å²) < 4.78 is 1.83. The van der Waals surface area contributed by atoms with E-state index in [1.54, 1.807) is 6.08 Å². The van der Waals surface area contributed by atoms with Gasteiger partial charge in [-0.2, -0.15) is 5.10 Å². The van der Waals surface area contributed by atoms with E-state index in [4.69, 9.17) is 0 Å². The molecule has 0 unspecified atom stereocenters. The van der Waals surface area contributed by atoms with Crippen LogP contribution in [0.5, 0.6) is 0 Å². The molecule has 2 rings (SSSR count). The number of aromatic nitrogens is 2. The second-order valence-corrected chi connectivity index (χ2v) is 5.80. The standard InChI is InChI=1S/C19H25N3O/c1-5-16(17-9-7-6-8-10-17)13-20-19(23)12-11-18-14(2)21-22(4)15(18)3/h6-12,16H,5,13H2,1-4H3,(H,20,23)/b12-11-/t16-/m0/s1. The lowest BCUT2D eigenvalue weighted by Gasteiger charge is -2.15. The molecule has 23 heavy (non-hydrogen) atoms. The minimum atomic E-state index is -0.0676. The summed E-state index contributed by atoms with van der Waals surface area (Å²) in [6, 6.07) is 10.3. The molecule has 122 valence electrons. The lowest BCUT2D eigenvalue weighted by molar-refractivity contribution is -0.116. The van der Waals surface area contributed by atoms with Crippen LogP contribution < -0.4 is 5.32 Å². The van der Waals surface area contributed by atoms with E-state index in [0.29, 0.717) is 12.5 Å². The normalized spacial score (nSPS) is 12.5. The van der Waals surface area contributed by atoms with Gasteiger partial charge in [0.2, 0.25) is 5.91 Å². The Hall–Kier alpha value is -2.36. The number of rotatable bonds is 6. The molecule has 0 aliphatic heterocycles. The summed E-state index contributed by atoms with van der Waals surface area (Å²) in [5.74, 6) is 0.275. The molecule has 1 N–H and O–H groups in total.